The molecule has 0 aliphatic rings. The van der Waals surface area contributed by atoms with Crippen molar-refractivity contribution in [3.05, 3.63) is 0 Å². The third-order valence-corrected chi connectivity index (χ3v) is 2.64. The lowest BCUT2D eigenvalue weighted by Crippen LogP contribution is -2.54. The predicted molar refractivity (Wildman–Crippen MR) is 64.5 cm³/mol. The van der Waals surface area contributed by atoms with Gasteiger partial charge in [-0.2, -0.15) is 0 Å². The summed E-state index contributed by atoms with van der Waals surface area (Å²) in [6, 6.07) is 0.00722. The van der Waals surface area contributed by atoms with Crippen molar-refractivity contribution in [3.63, 3.8) is 0 Å². The SMILES string of the molecule is CC(C)C(C(=O)NN)N(CCCO)C(C)C. The minimum absolute atomic E-state index is 0.137. The van der Waals surface area contributed by atoms with Crippen LogP contribution in [0.1, 0.15) is 34.1 Å². The summed E-state index contributed by atoms with van der Waals surface area (Å²) in [5.74, 6) is 5.22. The summed E-state index contributed by atoms with van der Waals surface area (Å²) in [6.45, 7) is 8.90. The first-order valence-electron chi connectivity index (χ1n) is 5.82. The Morgan fingerprint density at radius 3 is 2.25 bits per heavy atom. The number of hydrazine groups is 1. The van der Waals surface area contributed by atoms with Gasteiger partial charge in [0.25, 0.3) is 5.91 Å². The highest BCUT2D eigenvalue weighted by molar-refractivity contribution is 5.81. The number of aliphatic hydroxyl groups excluding tert-OH is 1. The molecule has 1 atom stereocenters. The summed E-state index contributed by atoms with van der Waals surface area (Å²) < 4.78 is 0. The normalized spacial score (nSPS) is 13.6. The van der Waals surface area contributed by atoms with E-state index in [0.717, 1.165) is 0 Å². The van der Waals surface area contributed by atoms with Crippen LogP contribution in [-0.4, -0.2) is 41.1 Å². The molecule has 0 radical (unpaired) electrons. The lowest BCUT2D eigenvalue weighted by atomic mass is 10.00. The molecule has 0 saturated heterocycles. The maximum absolute atomic E-state index is 11.7. The second kappa shape index (κ2) is 7.60. The van der Waals surface area contributed by atoms with Crippen LogP contribution in [0, 0.1) is 5.92 Å². The highest BCUT2D eigenvalue weighted by Crippen LogP contribution is 2.14. The molecule has 0 aromatic carbocycles. The summed E-state index contributed by atoms with van der Waals surface area (Å²) >= 11 is 0. The third-order valence-electron chi connectivity index (χ3n) is 2.64. The van der Waals surface area contributed by atoms with E-state index in [-0.39, 0.29) is 30.5 Å². The Labute approximate surface area is 98.0 Å². The van der Waals surface area contributed by atoms with Crippen LogP contribution in [0.3, 0.4) is 0 Å². The van der Waals surface area contributed by atoms with Crippen LogP contribution in [0.4, 0.5) is 0 Å². The molecule has 0 fully saturated rings. The molecular formula is C11H25N3O2. The van der Waals surface area contributed by atoms with E-state index in [1.807, 2.05) is 27.7 Å². The zero-order valence-corrected chi connectivity index (χ0v) is 10.7. The van der Waals surface area contributed by atoms with Crippen LogP contribution in [0.15, 0.2) is 0 Å². The fourth-order valence-corrected chi connectivity index (χ4v) is 1.89. The zero-order chi connectivity index (χ0) is 12.7. The molecule has 0 bridgehead atoms. The summed E-state index contributed by atoms with van der Waals surface area (Å²) in [4.78, 5) is 13.8. The number of carbonyl (C=O) groups is 1. The van der Waals surface area contributed by atoms with E-state index in [9.17, 15) is 4.79 Å². The van der Waals surface area contributed by atoms with Crippen LogP contribution in [0.2, 0.25) is 0 Å². The summed E-state index contributed by atoms with van der Waals surface area (Å²) in [7, 11) is 0. The van der Waals surface area contributed by atoms with E-state index >= 15 is 0 Å². The molecule has 0 saturated carbocycles. The zero-order valence-electron chi connectivity index (χ0n) is 10.7. The van der Waals surface area contributed by atoms with Crippen molar-refractivity contribution in [1.82, 2.24) is 10.3 Å². The molecule has 0 spiro atoms. The lowest BCUT2D eigenvalue weighted by molar-refractivity contribution is -0.129. The summed E-state index contributed by atoms with van der Waals surface area (Å²) in [5, 5.41) is 8.86. The van der Waals surface area contributed by atoms with Gasteiger partial charge in [-0.25, -0.2) is 5.84 Å². The van der Waals surface area contributed by atoms with Crippen LogP contribution in [0.25, 0.3) is 0 Å². The largest absolute Gasteiger partial charge is 0.396 e. The number of hydrogen-bond acceptors (Lipinski definition) is 4. The van der Waals surface area contributed by atoms with Gasteiger partial charge >= 0.3 is 0 Å². The number of amides is 1. The second-order valence-electron chi connectivity index (χ2n) is 4.61. The van der Waals surface area contributed by atoms with Gasteiger partial charge in [-0.15, -0.1) is 0 Å². The number of aliphatic hydroxyl groups is 1. The molecule has 1 unspecified atom stereocenters. The fraction of sp³-hybridized carbons (Fsp3) is 0.909. The van der Waals surface area contributed by atoms with Crippen molar-refractivity contribution in [2.24, 2.45) is 11.8 Å². The van der Waals surface area contributed by atoms with Crippen LogP contribution < -0.4 is 11.3 Å². The minimum Gasteiger partial charge on any atom is -0.396 e. The average Bonchev–Trinajstić information content (AvgIpc) is 2.22. The fourth-order valence-electron chi connectivity index (χ4n) is 1.89. The van der Waals surface area contributed by atoms with Crippen molar-refractivity contribution < 1.29 is 9.90 Å². The molecular weight excluding hydrogens is 206 g/mol. The van der Waals surface area contributed by atoms with Gasteiger partial charge in [-0.3, -0.25) is 15.1 Å². The summed E-state index contributed by atoms with van der Waals surface area (Å²) in [5.41, 5.74) is 2.22. The molecule has 0 aliphatic carbocycles. The number of nitrogens with one attached hydrogen (secondary N) is 1. The first kappa shape index (κ1) is 15.3. The molecule has 5 heteroatoms. The maximum atomic E-state index is 11.7. The van der Waals surface area contributed by atoms with Crippen molar-refractivity contribution in [2.45, 2.75) is 46.2 Å². The third kappa shape index (κ3) is 4.47. The van der Waals surface area contributed by atoms with Gasteiger partial charge < -0.3 is 5.11 Å². The van der Waals surface area contributed by atoms with Gasteiger partial charge in [0.1, 0.15) is 0 Å². The van der Waals surface area contributed by atoms with Crippen LogP contribution in [-0.2, 0) is 4.79 Å². The lowest BCUT2D eigenvalue weighted by Gasteiger charge is -2.35. The first-order chi connectivity index (χ1) is 7.45. The Hall–Kier alpha value is -0.650. The maximum Gasteiger partial charge on any atom is 0.251 e. The second-order valence-corrected chi connectivity index (χ2v) is 4.61. The Morgan fingerprint density at radius 2 is 1.94 bits per heavy atom. The Kier molecular flexibility index (Phi) is 7.29. The van der Waals surface area contributed by atoms with Crippen molar-refractivity contribution in [2.75, 3.05) is 13.2 Å². The highest BCUT2D eigenvalue weighted by Gasteiger charge is 2.29. The summed E-state index contributed by atoms with van der Waals surface area (Å²) in [6.07, 6.45) is 0.666. The van der Waals surface area contributed by atoms with E-state index in [2.05, 4.69) is 10.3 Å². The monoisotopic (exact) mass is 231 g/mol. The van der Waals surface area contributed by atoms with E-state index in [1.54, 1.807) is 0 Å². The molecule has 1 amide bonds. The molecule has 5 nitrogen and oxygen atoms in total. The van der Waals surface area contributed by atoms with Crippen molar-refractivity contribution in [1.29, 1.82) is 0 Å². The van der Waals surface area contributed by atoms with Gasteiger partial charge in [0.05, 0.1) is 6.04 Å². The average molecular weight is 231 g/mol. The van der Waals surface area contributed by atoms with Crippen molar-refractivity contribution >= 4 is 5.91 Å². The van der Waals surface area contributed by atoms with E-state index in [1.165, 1.54) is 0 Å². The van der Waals surface area contributed by atoms with Gasteiger partial charge in [-0.05, 0) is 26.2 Å². The molecule has 4 N–H and O–H groups in total. The number of carbonyl (C=O) groups excluding carboxylic acids is 1. The van der Waals surface area contributed by atoms with Crippen LogP contribution in [0.5, 0.6) is 0 Å². The molecule has 0 aliphatic heterocycles. The van der Waals surface area contributed by atoms with Gasteiger partial charge in [0, 0.05) is 19.2 Å². The minimum atomic E-state index is -0.239. The van der Waals surface area contributed by atoms with Crippen molar-refractivity contribution in [3.8, 4) is 0 Å². The predicted octanol–water partition coefficient (Wildman–Crippen LogP) is 0.0937. The molecule has 0 aromatic rings. The molecule has 0 aromatic heterocycles. The molecule has 96 valence electrons. The Balaban J connectivity index is 4.72. The molecule has 16 heavy (non-hydrogen) atoms. The number of nitrogens with two attached hydrogens (primary N) is 1. The topological polar surface area (TPSA) is 78.6 Å². The first-order valence-corrected chi connectivity index (χ1v) is 5.82. The Bertz CT molecular complexity index is 207. The van der Waals surface area contributed by atoms with Crippen LogP contribution >= 0.6 is 0 Å². The van der Waals surface area contributed by atoms with E-state index in [4.69, 9.17) is 10.9 Å². The molecule has 0 rings (SSSR count). The van der Waals surface area contributed by atoms with Gasteiger partial charge in [-0.1, -0.05) is 13.8 Å². The quantitative estimate of drug-likeness (QED) is 0.330. The van der Waals surface area contributed by atoms with Gasteiger partial charge in [0.15, 0.2) is 0 Å². The van der Waals surface area contributed by atoms with E-state index < -0.39 is 0 Å². The number of rotatable bonds is 7. The van der Waals surface area contributed by atoms with Gasteiger partial charge in [0.2, 0.25) is 0 Å². The van der Waals surface area contributed by atoms with E-state index in [0.29, 0.717) is 13.0 Å². The molecule has 0 heterocycles. The Morgan fingerprint density at radius 1 is 1.38 bits per heavy atom. The smallest absolute Gasteiger partial charge is 0.251 e. The standard InChI is InChI=1S/C11H25N3O2/c1-8(2)10(11(16)13-12)14(9(3)4)6-5-7-15/h8-10,15H,5-7,12H2,1-4H3,(H,13,16). The number of hydrogen-bond donors (Lipinski definition) is 3. The highest BCUT2D eigenvalue weighted by atomic mass is 16.3. The number of nitrogens with zero attached hydrogens (tertiary/aromatic N) is 1.